The fourth-order valence-electron chi connectivity index (χ4n) is 3.35. The molecule has 1 aromatic rings. The summed E-state index contributed by atoms with van der Waals surface area (Å²) in [5, 5.41) is 5.90. The lowest BCUT2D eigenvalue weighted by Crippen LogP contribution is -2.68. The van der Waals surface area contributed by atoms with Crippen LogP contribution in [-0.4, -0.2) is 36.6 Å². The quantitative estimate of drug-likeness (QED) is 0.846. The largest absolute Gasteiger partial charge is 0.329 e. The molecule has 0 radical (unpaired) electrons. The van der Waals surface area contributed by atoms with Crippen LogP contribution < -0.4 is 11.1 Å². The van der Waals surface area contributed by atoms with Crippen molar-refractivity contribution in [2.24, 2.45) is 11.7 Å². The van der Waals surface area contributed by atoms with Gasteiger partial charge in [-0.25, -0.2) is 0 Å². The lowest BCUT2D eigenvalue weighted by Gasteiger charge is -2.53. The zero-order valence-electron chi connectivity index (χ0n) is 10.2. The molecule has 0 aliphatic carbocycles. The van der Waals surface area contributed by atoms with Crippen LogP contribution in [0, 0.1) is 5.92 Å². The number of thiophene rings is 1. The number of hydrogen-bond donors (Lipinski definition) is 2. The van der Waals surface area contributed by atoms with E-state index in [-0.39, 0.29) is 5.54 Å². The molecule has 3 aliphatic heterocycles. The summed E-state index contributed by atoms with van der Waals surface area (Å²) in [6.07, 6.45) is 2.63. The minimum Gasteiger partial charge on any atom is -0.329 e. The number of fused-ring (bicyclic) bond motifs is 3. The van der Waals surface area contributed by atoms with Crippen LogP contribution in [0.1, 0.15) is 17.7 Å². The molecule has 94 valence electrons. The van der Waals surface area contributed by atoms with Gasteiger partial charge in [0, 0.05) is 30.1 Å². The molecule has 2 bridgehead atoms. The summed E-state index contributed by atoms with van der Waals surface area (Å²) < 4.78 is 0. The van der Waals surface area contributed by atoms with Gasteiger partial charge in [-0.3, -0.25) is 0 Å². The number of rotatable bonds is 4. The lowest BCUT2D eigenvalue weighted by atomic mass is 9.72. The normalized spacial score (nSPS) is 36.3. The van der Waals surface area contributed by atoms with E-state index in [0.717, 1.165) is 25.6 Å². The van der Waals surface area contributed by atoms with Crippen LogP contribution >= 0.6 is 11.3 Å². The molecule has 3 fully saturated rings. The summed E-state index contributed by atoms with van der Waals surface area (Å²) in [6, 6.07) is 4.32. The van der Waals surface area contributed by atoms with E-state index < -0.39 is 0 Å². The van der Waals surface area contributed by atoms with Crippen molar-refractivity contribution < 1.29 is 0 Å². The van der Waals surface area contributed by atoms with E-state index in [9.17, 15) is 0 Å². The molecule has 4 rings (SSSR count). The maximum Gasteiger partial charge on any atom is 0.0464 e. The zero-order valence-corrected chi connectivity index (χ0v) is 11.0. The molecule has 4 heteroatoms. The average molecular weight is 251 g/mol. The van der Waals surface area contributed by atoms with Crippen molar-refractivity contribution >= 4 is 11.3 Å². The summed E-state index contributed by atoms with van der Waals surface area (Å²) in [5.74, 6) is 0.775. The molecule has 17 heavy (non-hydrogen) atoms. The second-order valence-electron chi connectivity index (χ2n) is 5.34. The number of nitrogens with one attached hydrogen (secondary N) is 1. The van der Waals surface area contributed by atoms with Gasteiger partial charge in [0.15, 0.2) is 0 Å². The van der Waals surface area contributed by atoms with Crippen molar-refractivity contribution in [3.8, 4) is 0 Å². The van der Waals surface area contributed by atoms with E-state index in [2.05, 4.69) is 27.7 Å². The fraction of sp³-hybridized carbons (Fsp3) is 0.692. The highest BCUT2D eigenvalue weighted by Gasteiger charge is 2.45. The van der Waals surface area contributed by atoms with Gasteiger partial charge < -0.3 is 16.0 Å². The SMILES string of the molecule is NCC1(NCc2cccs2)CN2CCC1CC2. The van der Waals surface area contributed by atoms with Crippen LogP contribution in [0.5, 0.6) is 0 Å². The Hall–Kier alpha value is -0.420. The standard InChI is InChI=1S/C13H21N3S/c14-9-13(15-8-12-2-1-7-17-12)10-16-5-3-11(13)4-6-16/h1-2,7,11,15H,3-6,8-10,14H2. The van der Waals surface area contributed by atoms with Crippen molar-refractivity contribution in [3.05, 3.63) is 22.4 Å². The topological polar surface area (TPSA) is 41.3 Å². The van der Waals surface area contributed by atoms with E-state index in [1.165, 1.54) is 30.8 Å². The van der Waals surface area contributed by atoms with E-state index in [0.29, 0.717) is 0 Å². The molecule has 0 amide bonds. The first-order chi connectivity index (χ1) is 8.32. The highest BCUT2D eigenvalue weighted by Crippen LogP contribution is 2.35. The van der Waals surface area contributed by atoms with Gasteiger partial charge in [0.25, 0.3) is 0 Å². The lowest BCUT2D eigenvalue weighted by molar-refractivity contribution is 0.0101. The van der Waals surface area contributed by atoms with Crippen LogP contribution in [-0.2, 0) is 6.54 Å². The molecule has 3 nitrogen and oxygen atoms in total. The first kappa shape index (κ1) is 11.7. The van der Waals surface area contributed by atoms with E-state index in [1.54, 1.807) is 0 Å². The van der Waals surface area contributed by atoms with Crippen LogP contribution in [0.4, 0.5) is 0 Å². The molecular weight excluding hydrogens is 230 g/mol. The summed E-state index contributed by atoms with van der Waals surface area (Å²) in [7, 11) is 0. The van der Waals surface area contributed by atoms with Crippen molar-refractivity contribution in [2.75, 3.05) is 26.2 Å². The van der Waals surface area contributed by atoms with Crippen molar-refractivity contribution in [1.29, 1.82) is 0 Å². The predicted octanol–water partition coefficient (Wildman–Crippen LogP) is 1.26. The second kappa shape index (κ2) is 4.69. The monoisotopic (exact) mass is 251 g/mol. The molecule has 0 spiro atoms. The molecule has 1 unspecified atom stereocenters. The fourth-order valence-corrected chi connectivity index (χ4v) is 4.00. The summed E-state index contributed by atoms with van der Waals surface area (Å²) in [4.78, 5) is 3.98. The molecule has 0 aromatic carbocycles. The number of hydrogen-bond acceptors (Lipinski definition) is 4. The highest BCUT2D eigenvalue weighted by molar-refractivity contribution is 7.09. The first-order valence-corrected chi connectivity index (χ1v) is 7.40. The van der Waals surface area contributed by atoms with Gasteiger partial charge in [0.05, 0.1) is 0 Å². The molecule has 3 N–H and O–H groups in total. The molecule has 1 aromatic heterocycles. The van der Waals surface area contributed by atoms with Gasteiger partial charge in [0.1, 0.15) is 0 Å². The van der Waals surface area contributed by atoms with Gasteiger partial charge in [-0.1, -0.05) is 6.07 Å². The van der Waals surface area contributed by atoms with Crippen molar-refractivity contribution in [3.63, 3.8) is 0 Å². The number of nitrogens with zero attached hydrogens (tertiary/aromatic N) is 1. The molecule has 3 aliphatic rings. The third kappa shape index (κ3) is 2.15. The van der Waals surface area contributed by atoms with Gasteiger partial charge in [0.2, 0.25) is 0 Å². The Kier molecular flexibility index (Phi) is 3.21. The Labute approximate surface area is 107 Å². The Morgan fingerprint density at radius 1 is 1.47 bits per heavy atom. The Balaban J connectivity index is 1.69. The van der Waals surface area contributed by atoms with E-state index in [4.69, 9.17) is 5.73 Å². The highest BCUT2D eigenvalue weighted by atomic mass is 32.1. The third-order valence-corrected chi connectivity index (χ3v) is 5.31. The summed E-state index contributed by atoms with van der Waals surface area (Å²) >= 11 is 1.82. The van der Waals surface area contributed by atoms with Crippen molar-refractivity contribution in [2.45, 2.75) is 24.9 Å². The Morgan fingerprint density at radius 2 is 2.29 bits per heavy atom. The van der Waals surface area contributed by atoms with Crippen LogP contribution in [0.2, 0.25) is 0 Å². The molecule has 3 saturated heterocycles. The first-order valence-electron chi connectivity index (χ1n) is 6.52. The van der Waals surface area contributed by atoms with Gasteiger partial charge in [-0.15, -0.1) is 11.3 Å². The maximum absolute atomic E-state index is 6.08. The smallest absolute Gasteiger partial charge is 0.0464 e. The number of piperidine rings is 3. The molecule has 0 saturated carbocycles. The van der Waals surface area contributed by atoms with Crippen LogP contribution in [0.15, 0.2) is 17.5 Å². The van der Waals surface area contributed by atoms with Gasteiger partial charge in [-0.05, 0) is 43.3 Å². The number of nitrogens with two attached hydrogens (primary N) is 1. The predicted molar refractivity (Wildman–Crippen MR) is 72.1 cm³/mol. The maximum atomic E-state index is 6.08. The van der Waals surface area contributed by atoms with Gasteiger partial charge >= 0.3 is 0 Å². The summed E-state index contributed by atoms with van der Waals surface area (Å²) in [6.45, 7) is 5.42. The summed E-state index contributed by atoms with van der Waals surface area (Å²) in [5.41, 5.74) is 6.25. The van der Waals surface area contributed by atoms with E-state index in [1.807, 2.05) is 11.3 Å². The average Bonchev–Trinajstić information content (AvgIpc) is 2.91. The van der Waals surface area contributed by atoms with Crippen LogP contribution in [0.25, 0.3) is 0 Å². The second-order valence-corrected chi connectivity index (χ2v) is 6.38. The van der Waals surface area contributed by atoms with Gasteiger partial charge in [-0.2, -0.15) is 0 Å². The molecule has 4 heterocycles. The molecular formula is C13H21N3S. The minimum atomic E-state index is 0.167. The Morgan fingerprint density at radius 3 is 2.82 bits per heavy atom. The van der Waals surface area contributed by atoms with Crippen molar-refractivity contribution in [1.82, 2.24) is 10.2 Å². The van der Waals surface area contributed by atoms with E-state index >= 15 is 0 Å². The molecule has 1 atom stereocenters. The van der Waals surface area contributed by atoms with Crippen LogP contribution in [0.3, 0.4) is 0 Å². The zero-order chi connectivity index (χ0) is 11.7. The minimum absolute atomic E-state index is 0.167. The third-order valence-electron chi connectivity index (χ3n) is 4.43. The Bertz CT molecular complexity index is 357.